The molecule has 12 heteroatoms. The lowest BCUT2D eigenvalue weighted by molar-refractivity contribution is -0.136. The van der Waals surface area contributed by atoms with Gasteiger partial charge in [0.25, 0.3) is 11.8 Å². The van der Waals surface area contributed by atoms with Crippen LogP contribution in [0.2, 0.25) is 5.02 Å². The van der Waals surface area contributed by atoms with Crippen molar-refractivity contribution in [1.29, 1.82) is 0 Å². The largest absolute Gasteiger partial charge is 0.371 e. The van der Waals surface area contributed by atoms with E-state index in [1.807, 2.05) is 41.3 Å². The molecule has 302 valence electrons. The van der Waals surface area contributed by atoms with Crippen LogP contribution in [0.1, 0.15) is 89.6 Å². The highest BCUT2D eigenvalue weighted by atomic mass is 35.5. The van der Waals surface area contributed by atoms with E-state index >= 15 is 0 Å². The molecular weight excluding hydrogens is 750 g/mol. The van der Waals surface area contributed by atoms with Crippen molar-refractivity contribution in [3.8, 4) is 0 Å². The van der Waals surface area contributed by atoms with Gasteiger partial charge in [-0.05, 0) is 123 Å². The summed E-state index contributed by atoms with van der Waals surface area (Å²) in [6, 6.07) is 20.2. The van der Waals surface area contributed by atoms with Gasteiger partial charge in [-0.25, -0.2) is 4.85 Å². The Labute approximate surface area is 346 Å². The van der Waals surface area contributed by atoms with Gasteiger partial charge in [0.15, 0.2) is 0 Å². The summed E-state index contributed by atoms with van der Waals surface area (Å²) in [5.74, 6) is 0.00242. The van der Waals surface area contributed by atoms with Gasteiger partial charge in [0, 0.05) is 98.9 Å². The van der Waals surface area contributed by atoms with Crippen molar-refractivity contribution >= 4 is 52.3 Å². The Morgan fingerprint density at radius 2 is 1.53 bits per heavy atom. The van der Waals surface area contributed by atoms with Gasteiger partial charge in [0.05, 0.1) is 6.57 Å². The van der Waals surface area contributed by atoms with Crippen LogP contribution in [0.3, 0.4) is 0 Å². The summed E-state index contributed by atoms with van der Waals surface area (Å²) >= 11 is 6.34. The molecule has 1 atom stereocenters. The van der Waals surface area contributed by atoms with E-state index in [-0.39, 0.29) is 35.5 Å². The van der Waals surface area contributed by atoms with Gasteiger partial charge in [-0.1, -0.05) is 29.8 Å². The first-order chi connectivity index (χ1) is 28.1. The fraction of sp³-hybridized carbons (Fsp3) is 0.500. The molecular formula is C46H52ClN7O4. The van der Waals surface area contributed by atoms with E-state index in [9.17, 15) is 19.2 Å². The number of hydrogen-bond acceptors (Lipinski definition) is 7. The third kappa shape index (κ3) is 7.69. The Kier molecular flexibility index (Phi) is 10.7. The minimum absolute atomic E-state index is 0.113. The molecule has 4 saturated heterocycles. The normalized spacial score (nSPS) is 24.9. The number of benzene rings is 3. The van der Waals surface area contributed by atoms with Gasteiger partial charge in [0.2, 0.25) is 17.5 Å². The first kappa shape index (κ1) is 38.6. The summed E-state index contributed by atoms with van der Waals surface area (Å²) in [5.41, 5.74) is 6.65. The maximum atomic E-state index is 13.6. The molecule has 9 rings (SSSR count). The topological polar surface area (TPSA) is 101 Å². The fourth-order valence-electron chi connectivity index (χ4n) is 10.7. The highest BCUT2D eigenvalue weighted by Crippen LogP contribution is 2.43. The Balaban J connectivity index is 0.707. The average Bonchev–Trinajstić information content (AvgIpc) is 3.81. The monoisotopic (exact) mass is 801 g/mol. The van der Waals surface area contributed by atoms with Crippen LogP contribution in [0.25, 0.3) is 4.85 Å². The van der Waals surface area contributed by atoms with E-state index in [0.29, 0.717) is 41.2 Å². The molecule has 0 bridgehead atoms. The van der Waals surface area contributed by atoms with E-state index in [2.05, 4.69) is 49.1 Å². The highest BCUT2D eigenvalue weighted by molar-refractivity contribution is 6.33. The predicted octanol–water partition coefficient (Wildman–Crippen LogP) is 6.71. The molecule has 11 nitrogen and oxygen atoms in total. The van der Waals surface area contributed by atoms with E-state index in [4.69, 9.17) is 18.2 Å². The maximum Gasteiger partial charge on any atom is 0.255 e. The summed E-state index contributed by atoms with van der Waals surface area (Å²) in [4.78, 5) is 65.4. The number of amides is 4. The first-order valence-electron chi connectivity index (χ1n) is 21.2. The lowest BCUT2D eigenvalue weighted by atomic mass is 9.77. The second kappa shape index (κ2) is 16.0. The van der Waals surface area contributed by atoms with Crippen molar-refractivity contribution in [1.82, 2.24) is 20.0 Å². The van der Waals surface area contributed by atoms with E-state index in [1.54, 1.807) is 4.90 Å². The first-order valence-corrected chi connectivity index (χ1v) is 21.6. The van der Waals surface area contributed by atoms with Crippen LogP contribution >= 0.6 is 11.6 Å². The van der Waals surface area contributed by atoms with Crippen LogP contribution in [0.4, 0.5) is 17.1 Å². The van der Waals surface area contributed by atoms with Crippen LogP contribution in [0.5, 0.6) is 0 Å². The van der Waals surface area contributed by atoms with Gasteiger partial charge in [-0.3, -0.25) is 29.4 Å². The number of imide groups is 1. The number of carbonyl (C=O) groups is 4. The molecule has 58 heavy (non-hydrogen) atoms. The van der Waals surface area contributed by atoms with Gasteiger partial charge >= 0.3 is 0 Å². The van der Waals surface area contributed by atoms with Crippen LogP contribution in [-0.2, 0) is 22.6 Å². The highest BCUT2D eigenvalue weighted by Gasteiger charge is 2.42. The number of likely N-dealkylation sites (tertiary alicyclic amines) is 1. The fourth-order valence-corrected chi connectivity index (χ4v) is 10.9. The summed E-state index contributed by atoms with van der Waals surface area (Å²) in [6.45, 7) is 15.2. The molecule has 1 aliphatic carbocycles. The number of fused-ring (bicyclic) bond motifs is 1. The summed E-state index contributed by atoms with van der Waals surface area (Å²) in [5, 5.41) is 2.89. The Morgan fingerprint density at radius 3 is 2.24 bits per heavy atom. The quantitative estimate of drug-likeness (QED) is 0.210. The molecule has 0 radical (unpaired) electrons. The molecule has 1 N–H and O–H groups in total. The minimum Gasteiger partial charge on any atom is -0.371 e. The summed E-state index contributed by atoms with van der Waals surface area (Å²) < 4.78 is 0. The molecule has 1 saturated carbocycles. The Hall–Kier alpha value is -4.92. The van der Waals surface area contributed by atoms with Gasteiger partial charge in [-0.15, -0.1) is 0 Å². The molecule has 4 amide bonds. The minimum atomic E-state index is -0.579. The number of hydrogen-bond donors (Lipinski definition) is 1. The zero-order chi connectivity index (χ0) is 40.0. The number of piperazine rings is 1. The van der Waals surface area contributed by atoms with Crippen molar-refractivity contribution in [3.05, 3.63) is 99.4 Å². The van der Waals surface area contributed by atoms with E-state index in [1.165, 1.54) is 36.9 Å². The lowest BCUT2D eigenvalue weighted by Gasteiger charge is -2.42. The molecule has 1 spiro atoms. The number of rotatable bonds is 7. The summed E-state index contributed by atoms with van der Waals surface area (Å²) in [6.07, 6.45) is 9.57. The number of anilines is 2. The van der Waals surface area contributed by atoms with E-state index < -0.39 is 6.04 Å². The molecule has 5 aliphatic heterocycles. The van der Waals surface area contributed by atoms with Gasteiger partial charge in [-0.2, -0.15) is 0 Å². The maximum absolute atomic E-state index is 13.6. The number of halogens is 1. The van der Waals surface area contributed by atoms with Crippen molar-refractivity contribution in [3.63, 3.8) is 0 Å². The molecule has 5 fully saturated rings. The van der Waals surface area contributed by atoms with Crippen LogP contribution in [-0.4, -0.2) is 103 Å². The average molecular weight is 802 g/mol. The van der Waals surface area contributed by atoms with Gasteiger partial charge < -0.3 is 19.6 Å². The second-order valence-corrected chi connectivity index (χ2v) is 18.0. The number of nitrogens with one attached hydrogen (secondary N) is 1. The van der Waals surface area contributed by atoms with E-state index in [0.717, 1.165) is 94.9 Å². The molecule has 1 unspecified atom stereocenters. The van der Waals surface area contributed by atoms with Crippen molar-refractivity contribution in [2.24, 2.45) is 11.3 Å². The van der Waals surface area contributed by atoms with Crippen LogP contribution in [0.15, 0.2) is 60.7 Å². The SMILES string of the molecule is [C-]#[N+]c1ccc(N2CCC3(CCN(C(=O)c4ccc(N5CCN(C6CCC(Cc7ccc8c(c7)CN(C7CCC(=O)NC7=O)C8=O)CC6)CC5)cc4)CC3)C2)cc1Cl. The molecule has 0 aromatic heterocycles. The second-order valence-electron chi connectivity index (χ2n) is 17.6. The lowest BCUT2D eigenvalue weighted by Crippen LogP contribution is -2.52. The van der Waals surface area contributed by atoms with Crippen molar-refractivity contribution in [2.45, 2.75) is 82.8 Å². The number of piperidine rings is 2. The Bertz CT molecular complexity index is 2130. The zero-order valence-electron chi connectivity index (χ0n) is 33.1. The van der Waals surface area contributed by atoms with Gasteiger partial charge in [0.1, 0.15) is 6.04 Å². The molecule has 6 aliphatic rings. The van der Waals surface area contributed by atoms with Crippen molar-refractivity contribution < 1.29 is 19.2 Å². The molecule has 3 aromatic rings. The zero-order valence-corrected chi connectivity index (χ0v) is 33.9. The number of carbonyl (C=O) groups excluding carboxylic acids is 4. The molecule has 5 heterocycles. The predicted molar refractivity (Wildman–Crippen MR) is 224 cm³/mol. The third-order valence-electron chi connectivity index (χ3n) is 14.2. The summed E-state index contributed by atoms with van der Waals surface area (Å²) in [7, 11) is 0. The Morgan fingerprint density at radius 1 is 0.810 bits per heavy atom. The van der Waals surface area contributed by atoms with Crippen LogP contribution < -0.4 is 15.1 Å². The van der Waals surface area contributed by atoms with Crippen molar-refractivity contribution in [2.75, 3.05) is 62.2 Å². The molecule has 3 aromatic carbocycles. The third-order valence-corrected chi connectivity index (χ3v) is 14.5. The van der Waals surface area contributed by atoms with Crippen LogP contribution in [0, 0.1) is 17.9 Å². The number of nitrogens with zero attached hydrogens (tertiary/aromatic N) is 6. The smallest absolute Gasteiger partial charge is 0.255 e. The standard InChI is InChI=1S/C46H52ClN7O4/c1-48-40-13-11-37(28-39(40)47)53-21-18-46(30-53)16-19-52(20-17-46)44(57)33-5-9-36(10-6-33)51-24-22-50(23-25-51)35-7-2-31(3-8-35)26-32-4-12-38-34(27-32)29-54(45(38)58)41-14-15-42(55)49-43(41)56/h4-6,9-13,27-28,31,35,41H,2-3,7-8,14-26,29-30H2,(H,49,55,56).